The van der Waals surface area contributed by atoms with Crippen LogP contribution in [0, 0.1) is 0 Å². The Balaban J connectivity index is 1.97. The predicted octanol–water partition coefficient (Wildman–Crippen LogP) is 3.63. The van der Waals surface area contributed by atoms with E-state index in [0.29, 0.717) is 17.7 Å². The van der Waals surface area contributed by atoms with Gasteiger partial charge in [0.1, 0.15) is 12.4 Å². The van der Waals surface area contributed by atoms with Gasteiger partial charge in [-0.25, -0.2) is 0 Å². The lowest BCUT2D eigenvalue weighted by molar-refractivity contribution is -0.137. The van der Waals surface area contributed by atoms with Crippen molar-refractivity contribution >= 4 is 5.78 Å². The zero-order valence-electron chi connectivity index (χ0n) is 9.91. The third kappa shape index (κ3) is 3.71. The summed E-state index contributed by atoms with van der Waals surface area (Å²) in [5.74, 6) is 0.376. The number of benzene rings is 1. The number of hydrogen-bond acceptors (Lipinski definition) is 2. The fourth-order valence-electron chi connectivity index (χ4n) is 1.60. The molecule has 0 saturated carbocycles. The van der Waals surface area contributed by atoms with Gasteiger partial charge in [0, 0.05) is 12.5 Å². The van der Waals surface area contributed by atoms with E-state index in [9.17, 15) is 18.0 Å². The molecule has 100 valence electrons. The third-order valence-electron chi connectivity index (χ3n) is 2.59. The van der Waals surface area contributed by atoms with E-state index < -0.39 is 11.7 Å². The number of allylic oxidation sites excluding steroid dienone is 3. The average Bonchev–Trinajstić information content (AvgIpc) is 2.36. The van der Waals surface area contributed by atoms with Gasteiger partial charge in [0.2, 0.25) is 0 Å². The van der Waals surface area contributed by atoms with Crippen LogP contribution in [-0.4, -0.2) is 5.78 Å². The molecule has 0 radical (unpaired) electrons. The van der Waals surface area contributed by atoms with E-state index in [1.54, 1.807) is 12.2 Å². The molecule has 0 N–H and O–H groups in total. The zero-order chi connectivity index (χ0) is 13.9. The number of ether oxygens (including phenoxy) is 1. The summed E-state index contributed by atoms with van der Waals surface area (Å²) in [4.78, 5) is 11.1. The molecule has 1 aliphatic carbocycles. The van der Waals surface area contributed by atoms with E-state index in [2.05, 4.69) is 0 Å². The van der Waals surface area contributed by atoms with Crippen molar-refractivity contribution in [1.82, 2.24) is 0 Å². The molecule has 2 nitrogen and oxygen atoms in total. The Labute approximate surface area is 108 Å². The van der Waals surface area contributed by atoms with Crippen LogP contribution in [0.2, 0.25) is 0 Å². The number of carbonyl (C=O) groups excluding carboxylic acids is 1. The van der Waals surface area contributed by atoms with Crippen LogP contribution in [0.1, 0.15) is 17.5 Å². The van der Waals surface area contributed by atoms with Crippen LogP contribution in [0.3, 0.4) is 0 Å². The molecular formula is C14H11F3O2. The van der Waals surface area contributed by atoms with Gasteiger partial charge in [0.05, 0.1) is 5.56 Å². The molecule has 1 aromatic carbocycles. The standard InChI is InChI=1S/C14H11F3O2/c15-14(16,17)11-6-4-10(5-7-11)9-19-13-3-1-2-12(18)8-13/h1,3-8H,2,9H2. The fourth-order valence-corrected chi connectivity index (χ4v) is 1.60. The minimum atomic E-state index is -4.33. The third-order valence-corrected chi connectivity index (χ3v) is 2.59. The summed E-state index contributed by atoms with van der Waals surface area (Å²) in [5, 5.41) is 0. The first-order chi connectivity index (χ1) is 8.95. The normalized spacial score (nSPS) is 15.3. The van der Waals surface area contributed by atoms with Crippen LogP contribution in [0.4, 0.5) is 13.2 Å². The minimum absolute atomic E-state index is 0.0510. The topological polar surface area (TPSA) is 26.3 Å². The van der Waals surface area contributed by atoms with Crippen LogP contribution >= 0.6 is 0 Å². The van der Waals surface area contributed by atoms with Crippen molar-refractivity contribution in [3.05, 3.63) is 59.4 Å². The molecule has 0 aliphatic heterocycles. The largest absolute Gasteiger partial charge is 0.489 e. The summed E-state index contributed by atoms with van der Waals surface area (Å²) in [6.45, 7) is 0.127. The first-order valence-corrected chi connectivity index (χ1v) is 5.65. The van der Waals surface area contributed by atoms with Crippen molar-refractivity contribution in [2.75, 3.05) is 0 Å². The maximum Gasteiger partial charge on any atom is 0.416 e. The molecule has 0 bridgehead atoms. The zero-order valence-corrected chi connectivity index (χ0v) is 9.91. The smallest absolute Gasteiger partial charge is 0.416 e. The Hall–Kier alpha value is -2.04. The Morgan fingerprint density at radius 1 is 1.16 bits per heavy atom. The van der Waals surface area contributed by atoms with Crippen LogP contribution in [0.15, 0.2) is 48.3 Å². The molecule has 0 fully saturated rings. The highest BCUT2D eigenvalue weighted by atomic mass is 19.4. The van der Waals surface area contributed by atoms with E-state index in [4.69, 9.17) is 4.74 Å². The number of ketones is 1. The number of hydrogen-bond donors (Lipinski definition) is 0. The summed E-state index contributed by atoms with van der Waals surface area (Å²) in [5.41, 5.74) is -0.0801. The van der Waals surface area contributed by atoms with E-state index in [1.165, 1.54) is 18.2 Å². The van der Waals surface area contributed by atoms with Crippen molar-refractivity contribution < 1.29 is 22.7 Å². The summed E-state index contributed by atoms with van der Waals surface area (Å²) in [6, 6.07) is 4.74. The van der Waals surface area contributed by atoms with Crippen LogP contribution in [0.5, 0.6) is 0 Å². The van der Waals surface area contributed by atoms with Gasteiger partial charge < -0.3 is 4.74 Å². The minimum Gasteiger partial charge on any atom is -0.489 e. The van der Waals surface area contributed by atoms with E-state index in [-0.39, 0.29) is 12.4 Å². The molecule has 1 aliphatic rings. The first-order valence-electron chi connectivity index (χ1n) is 5.65. The van der Waals surface area contributed by atoms with Crippen molar-refractivity contribution in [2.24, 2.45) is 0 Å². The van der Waals surface area contributed by atoms with E-state index in [1.807, 2.05) is 0 Å². The molecule has 2 rings (SSSR count). The molecule has 0 spiro atoms. The lowest BCUT2D eigenvalue weighted by Gasteiger charge is -2.10. The lowest BCUT2D eigenvalue weighted by atomic mass is 10.1. The number of carbonyl (C=O) groups is 1. The Kier molecular flexibility index (Phi) is 3.74. The van der Waals surface area contributed by atoms with Gasteiger partial charge in [-0.1, -0.05) is 18.2 Å². The average molecular weight is 268 g/mol. The second-order valence-corrected chi connectivity index (χ2v) is 4.10. The molecule has 1 aromatic rings. The highest BCUT2D eigenvalue weighted by Crippen LogP contribution is 2.29. The van der Waals surface area contributed by atoms with Gasteiger partial charge in [0.25, 0.3) is 0 Å². The molecule has 0 atom stereocenters. The molecule has 0 unspecified atom stereocenters. The Bertz CT molecular complexity index is 525. The molecule has 0 amide bonds. The van der Waals surface area contributed by atoms with E-state index >= 15 is 0 Å². The maximum atomic E-state index is 12.4. The molecule has 0 heterocycles. The highest BCUT2D eigenvalue weighted by molar-refractivity contribution is 5.92. The monoisotopic (exact) mass is 268 g/mol. The van der Waals surface area contributed by atoms with Gasteiger partial charge >= 0.3 is 6.18 Å². The molecule has 0 aromatic heterocycles. The van der Waals surface area contributed by atoms with Crippen LogP contribution < -0.4 is 0 Å². The maximum absolute atomic E-state index is 12.4. The SMILES string of the molecule is O=C1C=C(OCc2ccc(C(F)(F)F)cc2)C=CC1. The summed E-state index contributed by atoms with van der Waals surface area (Å²) >= 11 is 0. The molecular weight excluding hydrogens is 257 g/mol. The molecule has 0 saturated heterocycles. The van der Waals surface area contributed by atoms with Gasteiger partial charge in [-0.05, 0) is 23.8 Å². The number of halogens is 3. The summed E-state index contributed by atoms with van der Waals surface area (Å²) < 4.78 is 42.4. The van der Waals surface area contributed by atoms with Gasteiger partial charge in [-0.2, -0.15) is 13.2 Å². The second kappa shape index (κ2) is 5.30. The van der Waals surface area contributed by atoms with Gasteiger partial charge in [0.15, 0.2) is 5.78 Å². The van der Waals surface area contributed by atoms with Crippen molar-refractivity contribution in [2.45, 2.75) is 19.2 Å². The van der Waals surface area contributed by atoms with Crippen molar-refractivity contribution in [3.63, 3.8) is 0 Å². The number of rotatable bonds is 3. The van der Waals surface area contributed by atoms with Crippen molar-refractivity contribution in [3.8, 4) is 0 Å². The Morgan fingerprint density at radius 2 is 1.84 bits per heavy atom. The highest BCUT2D eigenvalue weighted by Gasteiger charge is 2.29. The predicted molar refractivity (Wildman–Crippen MR) is 63.1 cm³/mol. The molecule has 5 heteroatoms. The van der Waals surface area contributed by atoms with Crippen LogP contribution in [0.25, 0.3) is 0 Å². The van der Waals surface area contributed by atoms with Gasteiger partial charge in [-0.15, -0.1) is 0 Å². The lowest BCUT2D eigenvalue weighted by Crippen LogP contribution is -2.05. The first kappa shape index (κ1) is 13.4. The second-order valence-electron chi connectivity index (χ2n) is 4.10. The van der Waals surface area contributed by atoms with Crippen molar-refractivity contribution in [1.29, 1.82) is 0 Å². The summed E-state index contributed by atoms with van der Waals surface area (Å²) in [7, 11) is 0. The summed E-state index contributed by atoms with van der Waals surface area (Å²) in [6.07, 6.45) is 0.758. The number of alkyl halides is 3. The van der Waals surface area contributed by atoms with E-state index in [0.717, 1.165) is 12.1 Å². The fraction of sp³-hybridized carbons (Fsp3) is 0.214. The Morgan fingerprint density at radius 3 is 2.42 bits per heavy atom. The quantitative estimate of drug-likeness (QED) is 0.836. The van der Waals surface area contributed by atoms with Crippen LogP contribution in [-0.2, 0) is 22.3 Å². The van der Waals surface area contributed by atoms with Gasteiger partial charge in [-0.3, -0.25) is 4.79 Å². The molecule has 19 heavy (non-hydrogen) atoms.